The Balaban J connectivity index is 0.735. The van der Waals surface area contributed by atoms with Crippen LogP contribution >= 0.6 is 0 Å². The summed E-state index contributed by atoms with van der Waals surface area (Å²) >= 11 is 0. The molecule has 13 aromatic carbocycles. The molecule has 0 aliphatic heterocycles. The van der Waals surface area contributed by atoms with Crippen LogP contribution in [0.1, 0.15) is 0 Å². The first-order chi connectivity index (χ1) is 39.2. The summed E-state index contributed by atoms with van der Waals surface area (Å²) in [5, 5.41) is 7.52. The van der Waals surface area contributed by atoms with Gasteiger partial charge in [-0.05, 0) is 157 Å². The van der Waals surface area contributed by atoms with Gasteiger partial charge in [0, 0.05) is 50.0 Å². The van der Waals surface area contributed by atoms with Gasteiger partial charge in [-0.2, -0.15) is 0 Å². The maximum atomic E-state index is 2.38. The molecule has 15 rings (SSSR count). The molecule has 0 amide bonds. The Morgan fingerprint density at radius 1 is 0.203 bits per heavy atom. The molecule has 0 N–H and O–H groups in total. The van der Waals surface area contributed by atoms with Crippen molar-refractivity contribution in [3.8, 4) is 67.0 Å². The lowest BCUT2D eigenvalue weighted by atomic mass is 9.97. The van der Waals surface area contributed by atoms with Gasteiger partial charge >= 0.3 is 0 Å². The lowest BCUT2D eigenvalue weighted by Gasteiger charge is -2.26. The second-order valence-electron chi connectivity index (χ2n) is 20.5. The van der Waals surface area contributed by atoms with Gasteiger partial charge in [0.15, 0.2) is 0 Å². The Bertz CT molecular complexity index is 4700. The molecule has 0 fully saturated rings. The highest BCUT2D eigenvalue weighted by molar-refractivity contribution is 6.11. The summed E-state index contributed by atoms with van der Waals surface area (Å²) in [5.41, 5.74) is 22.3. The highest BCUT2D eigenvalue weighted by atomic mass is 15.1. The number of hydrogen-bond donors (Lipinski definition) is 0. The maximum Gasteiger partial charge on any atom is 0.0547 e. The zero-order chi connectivity index (χ0) is 52.2. The van der Waals surface area contributed by atoms with Gasteiger partial charge in [-0.25, -0.2) is 0 Å². The normalized spacial score (nSPS) is 11.5. The first-order valence-electron chi connectivity index (χ1n) is 27.1. The van der Waals surface area contributed by atoms with E-state index in [4.69, 9.17) is 0 Å². The average Bonchev–Trinajstić information content (AvgIpc) is 4.17. The van der Waals surface area contributed by atoms with E-state index in [2.05, 4.69) is 323 Å². The Labute approximate surface area is 459 Å². The number of aromatic nitrogens is 2. The third kappa shape index (κ3) is 8.16. The molecular formula is C76H51N3. The van der Waals surface area contributed by atoms with Gasteiger partial charge in [-0.1, -0.05) is 218 Å². The van der Waals surface area contributed by atoms with Gasteiger partial charge in [0.2, 0.25) is 0 Å². The summed E-state index contributed by atoms with van der Waals surface area (Å²) in [6.07, 6.45) is 0. The molecule has 15 aromatic rings. The summed E-state index contributed by atoms with van der Waals surface area (Å²) in [6, 6.07) is 113. The Morgan fingerprint density at radius 2 is 0.557 bits per heavy atom. The van der Waals surface area contributed by atoms with E-state index in [1.54, 1.807) is 0 Å². The molecule has 0 saturated carbocycles. The summed E-state index contributed by atoms with van der Waals surface area (Å²) in [5.74, 6) is 0. The van der Waals surface area contributed by atoms with Gasteiger partial charge < -0.3 is 14.0 Å². The lowest BCUT2D eigenvalue weighted by Crippen LogP contribution is -2.09. The van der Waals surface area contributed by atoms with Crippen LogP contribution in [-0.4, -0.2) is 9.13 Å². The Hall–Kier alpha value is -10.5. The molecule has 0 atom stereocenters. The number of anilines is 3. The van der Waals surface area contributed by atoms with Crippen LogP contribution in [0.25, 0.3) is 121 Å². The summed E-state index contributed by atoms with van der Waals surface area (Å²) in [7, 11) is 0. The molecule has 370 valence electrons. The summed E-state index contributed by atoms with van der Waals surface area (Å²) < 4.78 is 4.75. The van der Waals surface area contributed by atoms with Crippen LogP contribution in [0.5, 0.6) is 0 Å². The molecule has 3 nitrogen and oxygen atoms in total. The average molecular weight is 1010 g/mol. The van der Waals surface area contributed by atoms with Gasteiger partial charge in [0.1, 0.15) is 0 Å². The van der Waals surface area contributed by atoms with E-state index in [0.29, 0.717) is 0 Å². The third-order valence-electron chi connectivity index (χ3n) is 16.0. The number of fused-ring (bicyclic) bond motifs is 7. The van der Waals surface area contributed by atoms with Crippen molar-refractivity contribution >= 4 is 71.4 Å². The van der Waals surface area contributed by atoms with Crippen molar-refractivity contribution in [2.45, 2.75) is 0 Å². The van der Waals surface area contributed by atoms with Crippen LogP contribution in [0, 0.1) is 0 Å². The fraction of sp³-hybridized carbons (Fsp3) is 0. The van der Waals surface area contributed by atoms with Crippen LogP contribution in [0.4, 0.5) is 17.1 Å². The van der Waals surface area contributed by atoms with E-state index in [-0.39, 0.29) is 0 Å². The van der Waals surface area contributed by atoms with Crippen LogP contribution in [0.3, 0.4) is 0 Å². The maximum absolute atomic E-state index is 2.38. The van der Waals surface area contributed by atoms with Crippen molar-refractivity contribution in [3.05, 3.63) is 309 Å². The van der Waals surface area contributed by atoms with E-state index < -0.39 is 0 Å². The molecule has 0 bridgehead atoms. The first-order valence-corrected chi connectivity index (χ1v) is 27.1. The van der Waals surface area contributed by atoms with Crippen LogP contribution in [0.2, 0.25) is 0 Å². The number of benzene rings is 13. The molecule has 79 heavy (non-hydrogen) atoms. The van der Waals surface area contributed by atoms with E-state index in [1.807, 2.05) is 0 Å². The van der Waals surface area contributed by atoms with Crippen molar-refractivity contribution in [2.24, 2.45) is 0 Å². The number of nitrogens with zero attached hydrogens (tertiary/aromatic N) is 3. The second-order valence-corrected chi connectivity index (χ2v) is 20.5. The lowest BCUT2D eigenvalue weighted by molar-refractivity contribution is 1.18. The number of para-hydroxylation sites is 4. The predicted molar refractivity (Wildman–Crippen MR) is 334 cm³/mol. The third-order valence-corrected chi connectivity index (χ3v) is 16.0. The van der Waals surface area contributed by atoms with E-state index in [9.17, 15) is 0 Å². The summed E-state index contributed by atoms with van der Waals surface area (Å²) in [4.78, 5) is 2.36. The quantitative estimate of drug-likeness (QED) is 0.133. The topological polar surface area (TPSA) is 13.1 Å². The van der Waals surface area contributed by atoms with Crippen molar-refractivity contribution in [1.29, 1.82) is 0 Å². The molecular weight excluding hydrogens is 955 g/mol. The zero-order valence-electron chi connectivity index (χ0n) is 43.3. The van der Waals surface area contributed by atoms with E-state index in [1.165, 1.54) is 116 Å². The molecule has 0 saturated heterocycles. The van der Waals surface area contributed by atoms with Crippen molar-refractivity contribution in [1.82, 2.24) is 9.13 Å². The minimum Gasteiger partial charge on any atom is -0.311 e. The second kappa shape index (κ2) is 19.3. The molecule has 0 unspecified atom stereocenters. The molecule has 2 heterocycles. The fourth-order valence-corrected chi connectivity index (χ4v) is 12.0. The number of hydrogen-bond acceptors (Lipinski definition) is 1. The Morgan fingerprint density at radius 3 is 1.10 bits per heavy atom. The first kappa shape index (κ1) is 45.9. The highest BCUT2D eigenvalue weighted by Crippen LogP contribution is 2.41. The van der Waals surface area contributed by atoms with Crippen molar-refractivity contribution < 1.29 is 0 Å². The van der Waals surface area contributed by atoms with Crippen molar-refractivity contribution in [2.75, 3.05) is 4.90 Å². The molecule has 0 aliphatic rings. The minimum atomic E-state index is 1.08. The van der Waals surface area contributed by atoms with Crippen LogP contribution in [0.15, 0.2) is 309 Å². The zero-order valence-corrected chi connectivity index (χ0v) is 43.3. The standard InChI is InChI=1S/C76H51N3/c1-3-16-62(17-4-1)78-74-25-12-10-22-70(74)72-50-60(41-49-75(72)78)56-30-26-52(27-31-56)54-34-42-64(43-35-54)77(66-46-38-59(39-47-66)68-23-13-15-58-14-7-8-20-67(58)68)65-44-36-55(37-45-65)53-28-32-57(33-29-53)61-40-48-71-69-21-9-11-24-73(69)79(76(71)51-61)63-18-5-2-6-19-63/h1-51H. The van der Waals surface area contributed by atoms with Crippen molar-refractivity contribution in [3.63, 3.8) is 0 Å². The SMILES string of the molecule is c1ccc(-n2c3ccccc3c3cc(-c4ccc(-c5ccc(N(c6ccc(-c7ccc(-c8ccc9c%10ccccc%10n(-c%10ccccc%10)c9c8)cc7)cc6)c6ccc(-c7cccc8ccccc78)cc6)cc5)cc4)ccc32)cc1. The highest BCUT2D eigenvalue weighted by Gasteiger charge is 2.18. The smallest absolute Gasteiger partial charge is 0.0547 e. The molecule has 0 radical (unpaired) electrons. The Kier molecular flexibility index (Phi) is 11.2. The number of rotatable bonds is 10. The minimum absolute atomic E-state index is 1.08. The molecule has 0 aliphatic carbocycles. The van der Waals surface area contributed by atoms with Crippen LogP contribution < -0.4 is 4.90 Å². The fourth-order valence-electron chi connectivity index (χ4n) is 12.0. The molecule has 0 spiro atoms. The summed E-state index contributed by atoms with van der Waals surface area (Å²) in [6.45, 7) is 0. The monoisotopic (exact) mass is 1010 g/mol. The largest absolute Gasteiger partial charge is 0.311 e. The van der Waals surface area contributed by atoms with Gasteiger partial charge in [0.05, 0.1) is 22.1 Å². The predicted octanol–water partition coefficient (Wildman–Crippen LogP) is 20.8. The van der Waals surface area contributed by atoms with Crippen LogP contribution in [-0.2, 0) is 0 Å². The molecule has 2 aromatic heterocycles. The van der Waals surface area contributed by atoms with Gasteiger partial charge in [-0.3, -0.25) is 0 Å². The molecule has 3 heteroatoms. The van der Waals surface area contributed by atoms with E-state index in [0.717, 1.165) is 22.7 Å². The van der Waals surface area contributed by atoms with Gasteiger partial charge in [-0.15, -0.1) is 0 Å². The van der Waals surface area contributed by atoms with E-state index >= 15 is 0 Å². The van der Waals surface area contributed by atoms with Gasteiger partial charge in [0.25, 0.3) is 0 Å².